The Kier molecular flexibility index (Phi) is 3.68. The summed E-state index contributed by atoms with van der Waals surface area (Å²) in [5.41, 5.74) is 0.957. The van der Waals surface area contributed by atoms with Crippen molar-refractivity contribution in [2.75, 3.05) is 11.9 Å². The second kappa shape index (κ2) is 5.62. The van der Waals surface area contributed by atoms with Gasteiger partial charge in [0, 0.05) is 24.3 Å². The van der Waals surface area contributed by atoms with Crippen molar-refractivity contribution in [3.05, 3.63) is 11.8 Å². The molecule has 7 heteroatoms. The van der Waals surface area contributed by atoms with Crippen LogP contribution in [0.1, 0.15) is 37.3 Å². The lowest BCUT2D eigenvalue weighted by atomic mass is 9.80. The van der Waals surface area contributed by atoms with E-state index in [1.54, 1.807) is 0 Å². The van der Waals surface area contributed by atoms with Gasteiger partial charge in [-0.05, 0) is 25.7 Å². The molecule has 1 amide bonds. The third-order valence-corrected chi connectivity index (χ3v) is 3.85. The Morgan fingerprint density at radius 3 is 3.10 bits per heavy atom. The number of anilines is 1. The lowest BCUT2D eigenvalue weighted by molar-refractivity contribution is -0.138. The molecule has 2 aliphatic rings. The van der Waals surface area contributed by atoms with Crippen LogP contribution in [0.4, 0.5) is 5.82 Å². The van der Waals surface area contributed by atoms with Gasteiger partial charge in [0.1, 0.15) is 12.2 Å². The molecule has 1 saturated heterocycles. The molecule has 7 nitrogen and oxygen atoms in total. The zero-order valence-electron chi connectivity index (χ0n) is 11.0. The fraction of sp³-hybridized carbons (Fsp3) is 0.615. The van der Waals surface area contributed by atoms with E-state index in [1.165, 1.54) is 0 Å². The van der Waals surface area contributed by atoms with Crippen LogP contribution in [0.15, 0.2) is 6.07 Å². The zero-order valence-corrected chi connectivity index (χ0v) is 11.0. The van der Waals surface area contributed by atoms with Crippen molar-refractivity contribution in [3.8, 4) is 0 Å². The Morgan fingerprint density at radius 1 is 1.55 bits per heavy atom. The summed E-state index contributed by atoms with van der Waals surface area (Å²) in [6, 6.07) is 1.83. The van der Waals surface area contributed by atoms with E-state index in [1.807, 2.05) is 6.07 Å². The summed E-state index contributed by atoms with van der Waals surface area (Å²) in [6.45, 7) is 1.13. The maximum atomic E-state index is 11.9. The van der Waals surface area contributed by atoms with Crippen LogP contribution in [-0.2, 0) is 19.1 Å². The Morgan fingerprint density at radius 2 is 2.40 bits per heavy atom. The number of nitrogens with zero attached hydrogens (tertiary/aromatic N) is 1. The van der Waals surface area contributed by atoms with Crippen LogP contribution in [0.5, 0.6) is 0 Å². The van der Waals surface area contributed by atoms with E-state index >= 15 is 0 Å². The summed E-state index contributed by atoms with van der Waals surface area (Å²) < 4.78 is 10.2. The largest absolute Gasteiger partial charge is 0.465 e. The number of aromatic amines is 1. The number of carbonyl (C=O) groups excluding carboxylic acids is 2. The van der Waals surface area contributed by atoms with E-state index in [9.17, 15) is 9.59 Å². The fourth-order valence-electron chi connectivity index (χ4n) is 2.61. The lowest BCUT2D eigenvalue weighted by Gasteiger charge is -2.32. The first-order chi connectivity index (χ1) is 9.76. The minimum absolute atomic E-state index is 0.00531. The maximum Gasteiger partial charge on any atom is 0.293 e. The molecule has 20 heavy (non-hydrogen) atoms. The van der Waals surface area contributed by atoms with Gasteiger partial charge in [-0.15, -0.1) is 0 Å². The Hall–Kier alpha value is -1.89. The summed E-state index contributed by atoms with van der Waals surface area (Å²) >= 11 is 0. The molecule has 1 saturated carbocycles. The molecule has 1 aliphatic carbocycles. The number of rotatable bonds is 5. The predicted octanol–water partition coefficient (Wildman–Crippen LogP) is 0.946. The fourth-order valence-corrected chi connectivity index (χ4v) is 2.61. The van der Waals surface area contributed by atoms with Gasteiger partial charge in [0.15, 0.2) is 5.82 Å². The molecule has 0 radical (unpaired) electrons. The van der Waals surface area contributed by atoms with Gasteiger partial charge in [-0.3, -0.25) is 14.7 Å². The van der Waals surface area contributed by atoms with E-state index in [-0.39, 0.29) is 18.1 Å². The van der Waals surface area contributed by atoms with E-state index in [2.05, 4.69) is 15.5 Å². The van der Waals surface area contributed by atoms with Gasteiger partial charge in [0.2, 0.25) is 0 Å². The predicted molar refractivity (Wildman–Crippen MR) is 69.1 cm³/mol. The summed E-state index contributed by atoms with van der Waals surface area (Å²) in [6.07, 6.45) is 2.91. The molecule has 1 aromatic heterocycles. The van der Waals surface area contributed by atoms with Gasteiger partial charge in [-0.2, -0.15) is 5.10 Å². The number of hydrogen-bond donors (Lipinski definition) is 2. The highest BCUT2D eigenvalue weighted by Crippen LogP contribution is 2.38. The topological polar surface area (TPSA) is 93.3 Å². The normalized spacial score (nSPS) is 28.7. The number of aromatic nitrogens is 2. The van der Waals surface area contributed by atoms with Crippen molar-refractivity contribution < 1.29 is 19.1 Å². The van der Waals surface area contributed by atoms with Gasteiger partial charge in [-0.1, -0.05) is 0 Å². The van der Waals surface area contributed by atoms with Gasteiger partial charge in [0.25, 0.3) is 12.4 Å². The Balaban J connectivity index is 1.52. The van der Waals surface area contributed by atoms with E-state index in [0.717, 1.165) is 31.4 Å². The standard InChI is InChI=1S/C13H17N3O4/c17-7-20-9-4-8(5-9)10-6-12(16-15-10)14-13(18)11-2-1-3-19-11/h6-9,11H,1-5H2,(H2,14,15,16,18)/t8?,9?,11-/m1/s1. The molecule has 2 N–H and O–H groups in total. The smallest absolute Gasteiger partial charge is 0.293 e. The van der Waals surface area contributed by atoms with Gasteiger partial charge >= 0.3 is 0 Å². The minimum atomic E-state index is -0.357. The third-order valence-electron chi connectivity index (χ3n) is 3.85. The van der Waals surface area contributed by atoms with Crippen LogP contribution in [0, 0.1) is 0 Å². The second-order valence-corrected chi connectivity index (χ2v) is 5.22. The van der Waals surface area contributed by atoms with Crippen molar-refractivity contribution in [2.45, 2.75) is 43.8 Å². The summed E-state index contributed by atoms with van der Waals surface area (Å²) in [7, 11) is 0. The molecule has 2 heterocycles. The molecule has 1 atom stereocenters. The van der Waals surface area contributed by atoms with E-state index < -0.39 is 0 Å². The van der Waals surface area contributed by atoms with Crippen molar-refractivity contribution in [3.63, 3.8) is 0 Å². The molecule has 0 unspecified atom stereocenters. The molecule has 0 aromatic carbocycles. The first-order valence-electron chi connectivity index (χ1n) is 6.83. The number of ether oxygens (including phenoxy) is 2. The van der Waals surface area contributed by atoms with Crippen LogP contribution in [0.25, 0.3) is 0 Å². The molecule has 108 valence electrons. The highest BCUT2D eigenvalue weighted by Gasteiger charge is 2.33. The van der Waals surface area contributed by atoms with Crippen LogP contribution in [0.3, 0.4) is 0 Å². The molecular formula is C13H17N3O4. The summed E-state index contributed by atoms with van der Waals surface area (Å²) in [4.78, 5) is 22.1. The number of hydrogen-bond acceptors (Lipinski definition) is 5. The molecule has 1 aromatic rings. The van der Waals surface area contributed by atoms with Crippen molar-refractivity contribution in [2.24, 2.45) is 0 Å². The zero-order chi connectivity index (χ0) is 13.9. The molecule has 1 aliphatic heterocycles. The van der Waals surface area contributed by atoms with Crippen LogP contribution in [0.2, 0.25) is 0 Å². The lowest BCUT2D eigenvalue weighted by Crippen LogP contribution is -2.29. The monoisotopic (exact) mass is 279 g/mol. The molecule has 0 bridgehead atoms. The molecular weight excluding hydrogens is 262 g/mol. The Labute approximate surface area is 116 Å². The highest BCUT2D eigenvalue weighted by atomic mass is 16.5. The van der Waals surface area contributed by atoms with E-state index in [0.29, 0.717) is 24.8 Å². The average molecular weight is 279 g/mol. The quantitative estimate of drug-likeness (QED) is 0.783. The number of amides is 1. The van der Waals surface area contributed by atoms with Crippen LogP contribution >= 0.6 is 0 Å². The van der Waals surface area contributed by atoms with Crippen LogP contribution in [-0.4, -0.2) is 41.4 Å². The molecule has 0 spiro atoms. The average Bonchev–Trinajstić information content (AvgIpc) is 3.04. The van der Waals surface area contributed by atoms with Gasteiger partial charge in [-0.25, -0.2) is 0 Å². The molecule has 2 fully saturated rings. The van der Waals surface area contributed by atoms with Gasteiger partial charge in [0.05, 0.1) is 0 Å². The van der Waals surface area contributed by atoms with Crippen molar-refractivity contribution in [1.82, 2.24) is 10.2 Å². The molecule has 3 rings (SSSR count). The first kappa shape index (κ1) is 13.1. The summed E-state index contributed by atoms with van der Waals surface area (Å²) in [5, 5.41) is 9.75. The van der Waals surface area contributed by atoms with Crippen molar-refractivity contribution >= 4 is 18.2 Å². The van der Waals surface area contributed by atoms with E-state index in [4.69, 9.17) is 9.47 Å². The van der Waals surface area contributed by atoms with Gasteiger partial charge < -0.3 is 14.8 Å². The summed E-state index contributed by atoms with van der Waals surface area (Å²) in [5.74, 6) is 0.678. The Bertz CT molecular complexity index is 490. The second-order valence-electron chi connectivity index (χ2n) is 5.22. The third kappa shape index (κ3) is 2.67. The highest BCUT2D eigenvalue weighted by molar-refractivity contribution is 5.93. The number of H-pyrrole nitrogens is 1. The maximum absolute atomic E-state index is 11.9. The first-order valence-corrected chi connectivity index (χ1v) is 6.83. The van der Waals surface area contributed by atoms with Crippen molar-refractivity contribution in [1.29, 1.82) is 0 Å². The number of carbonyl (C=O) groups is 2. The van der Waals surface area contributed by atoms with Crippen LogP contribution < -0.4 is 5.32 Å². The minimum Gasteiger partial charge on any atom is -0.465 e. The SMILES string of the molecule is O=COC1CC(c2cc(NC(=O)[C@H]3CCCO3)n[nH]2)C1. The number of nitrogens with one attached hydrogen (secondary N) is 2.